The number of likely N-dealkylation sites (tertiary alicyclic amines) is 2. The van der Waals surface area contributed by atoms with Crippen LogP contribution in [0.1, 0.15) is 51.4 Å². The Morgan fingerprint density at radius 3 is 2.27 bits per heavy atom. The predicted molar refractivity (Wildman–Crippen MR) is 163 cm³/mol. The van der Waals surface area contributed by atoms with Crippen molar-refractivity contribution in [3.63, 3.8) is 0 Å². The van der Waals surface area contributed by atoms with E-state index in [1.54, 1.807) is 13.4 Å². The maximum atomic E-state index is 6.31. The molecule has 0 radical (unpaired) electrons. The van der Waals surface area contributed by atoms with Gasteiger partial charge in [0.15, 0.2) is 11.5 Å². The third-order valence-electron chi connectivity index (χ3n) is 8.49. The standard InChI is InChI=1S/C33H43N5O3/c1-39-31-23-28-29(24-32(31)40-21-9-18-37-15-6-3-7-16-37)34-25-35-33(28)41-27-10-11-30-26(22-27)12-20-38(30)19-8-17-36-13-4-2-5-14-36/h10-12,20,22-25H,2-9,13-19,21H2,1H3. The number of ether oxygens (including phenoxy) is 3. The van der Waals surface area contributed by atoms with Crippen LogP contribution in [0.2, 0.25) is 0 Å². The SMILES string of the molecule is COc1cc2c(Oc3ccc4c(ccn4CCCN4CCCCC4)c3)ncnc2cc1OCCCN1CCCCC1. The van der Waals surface area contributed by atoms with Crippen molar-refractivity contribution in [2.45, 2.75) is 57.9 Å². The fraction of sp³-hybridized carbons (Fsp3) is 0.515. The van der Waals surface area contributed by atoms with Crippen LogP contribution in [-0.2, 0) is 6.54 Å². The minimum atomic E-state index is 0.505. The van der Waals surface area contributed by atoms with Crippen molar-refractivity contribution in [1.82, 2.24) is 24.3 Å². The van der Waals surface area contributed by atoms with Gasteiger partial charge in [-0.15, -0.1) is 0 Å². The summed E-state index contributed by atoms with van der Waals surface area (Å²) in [5, 5.41) is 1.96. The van der Waals surface area contributed by atoms with Crippen LogP contribution < -0.4 is 14.2 Å². The van der Waals surface area contributed by atoms with Crippen LogP contribution in [0.5, 0.6) is 23.1 Å². The van der Waals surface area contributed by atoms with Crippen LogP contribution >= 0.6 is 0 Å². The van der Waals surface area contributed by atoms with Gasteiger partial charge in [-0.2, -0.15) is 0 Å². The van der Waals surface area contributed by atoms with E-state index in [1.807, 2.05) is 18.2 Å². The smallest absolute Gasteiger partial charge is 0.230 e. The van der Waals surface area contributed by atoms with E-state index in [0.29, 0.717) is 24.0 Å². The summed E-state index contributed by atoms with van der Waals surface area (Å²) in [6.07, 6.45) is 13.9. The molecule has 2 aliphatic heterocycles. The molecule has 0 amide bonds. The highest BCUT2D eigenvalue weighted by molar-refractivity contribution is 5.87. The number of aryl methyl sites for hydroxylation is 1. The number of aromatic nitrogens is 3. The molecule has 218 valence electrons. The quantitative estimate of drug-likeness (QED) is 0.184. The third-order valence-corrected chi connectivity index (χ3v) is 8.49. The van der Waals surface area contributed by atoms with E-state index >= 15 is 0 Å². The van der Waals surface area contributed by atoms with Gasteiger partial charge in [-0.25, -0.2) is 9.97 Å². The Kier molecular flexibility index (Phi) is 9.17. The zero-order chi connectivity index (χ0) is 27.9. The lowest BCUT2D eigenvalue weighted by atomic mass is 10.1. The molecule has 0 atom stereocenters. The van der Waals surface area contributed by atoms with Crippen LogP contribution in [0.3, 0.4) is 0 Å². The second-order valence-electron chi connectivity index (χ2n) is 11.4. The van der Waals surface area contributed by atoms with Gasteiger partial charge in [0.2, 0.25) is 5.88 Å². The van der Waals surface area contributed by atoms with E-state index in [2.05, 4.69) is 48.7 Å². The Morgan fingerprint density at radius 1 is 0.756 bits per heavy atom. The molecule has 2 saturated heterocycles. The molecule has 2 fully saturated rings. The first-order valence-electron chi connectivity index (χ1n) is 15.4. The molecule has 4 heterocycles. The highest BCUT2D eigenvalue weighted by Crippen LogP contribution is 2.36. The van der Waals surface area contributed by atoms with Crippen molar-refractivity contribution in [3.05, 3.63) is 48.9 Å². The second-order valence-corrected chi connectivity index (χ2v) is 11.4. The molecule has 0 spiro atoms. The number of nitrogens with zero attached hydrogens (tertiary/aromatic N) is 5. The van der Waals surface area contributed by atoms with Crippen molar-refractivity contribution in [2.24, 2.45) is 0 Å². The van der Waals surface area contributed by atoms with Gasteiger partial charge < -0.3 is 28.6 Å². The van der Waals surface area contributed by atoms with E-state index in [9.17, 15) is 0 Å². The van der Waals surface area contributed by atoms with Gasteiger partial charge >= 0.3 is 0 Å². The molecule has 6 rings (SSSR count). The number of methoxy groups -OCH3 is 1. The number of fused-ring (bicyclic) bond motifs is 2. The average Bonchev–Trinajstić information content (AvgIpc) is 3.42. The number of rotatable bonds is 12. The Labute approximate surface area is 243 Å². The summed E-state index contributed by atoms with van der Waals surface area (Å²) in [7, 11) is 1.66. The van der Waals surface area contributed by atoms with Gasteiger partial charge in [-0.05, 0) is 102 Å². The predicted octanol–water partition coefficient (Wildman–Crippen LogP) is 6.52. The van der Waals surface area contributed by atoms with Crippen molar-refractivity contribution in [2.75, 3.05) is 53.0 Å². The van der Waals surface area contributed by atoms with Gasteiger partial charge in [0.1, 0.15) is 12.1 Å². The van der Waals surface area contributed by atoms with Crippen molar-refractivity contribution >= 4 is 21.8 Å². The second kappa shape index (κ2) is 13.5. The first-order valence-corrected chi connectivity index (χ1v) is 15.4. The lowest BCUT2D eigenvalue weighted by molar-refractivity contribution is 0.203. The number of hydrogen-bond donors (Lipinski definition) is 0. The largest absolute Gasteiger partial charge is 0.493 e. The molecular weight excluding hydrogens is 514 g/mol. The summed E-state index contributed by atoms with van der Waals surface area (Å²) >= 11 is 0. The highest BCUT2D eigenvalue weighted by Gasteiger charge is 2.15. The fourth-order valence-corrected chi connectivity index (χ4v) is 6.24. The van der Waals surface area contributed by atoms with Crippen molar-refractivity contribution in [1.29, 1.82) is 0 Å². The molecule has 0 bridgehead atoms. The van der Waals surface area contributed by atoms with Crippen LogP contribution in [0.4, 0.5) is 0 Å². The summed E-state index contributed by atoms with van der Waals surface area (Å²) < 4.78 is 20.5. The first-order chi connectivity index (χ1) is 20.3. The molecule has 4 aromatic rings. The van der Waals surface area contributed by atoms with E-state index in [1.165, 1.54) is 83.2 Å². The Bertz CT molecular complexity index is 1430. The number of piperidine rings is 2. The molecule has 2 aliphatic rings. The molecule has 41 heavy (non-hydrogen) atoms. The van der Waals surface area contributed by atoms with Gasteiger partial charge in [0.05, 0.1) is 24.6 Å². The Hall–Kier alpha value is -3.36. The van der Waals surface area contributed by atoms with E-state index in [0.717, 1.165) is 41.5 Å². The normalized spacial score (nSPS) is 16.8. The molecule has 8 nitrogen and oxygen atoms in total. The summed E-state index contributed by atoms with van der Waals surface area (Å²) in [4.78, 5) is 14.1. The topological polar surface area (TPSA) is 64.9 Å². The van der Waals surface area contributed by atoms with Crippen LogP contribution in [0.25, 0.3) is 21.8 Å². The van der Waals surface area contributed by atoms with Gasteiger partial charge in [-0.3, -0.25) is 0 Å². The first kappa shape index (κ1) is 27.8. The molecule has 2 aromatic carbocycles. The number of benzene rings is 2. The average molecular weight is 558 g/mol. The van der Waals surface area contributed by atoms with Gasteiger partial charge in [0.25, 0.3) is 0 Å². The summed E-state index contributed by atoms with van der Waals surface area (Å²) in [6.45, 7) is 8.84. The third kappa shape index (κ3) is 6.93. The number of hydrogen-bond acceptors (Lipinski definition) is 7. The molecule has 0 unspecified atom stereocenters. The maximum Gasteiger partial charge on any atom is 0.230 e. The van der Waals surface area contributed by atoms with E-state index in [4.69, 9.17) is 14.2 Å². The van der Waals surface area contributed by atoms with Crippen LogP contribution in [0, 0.1) is 0 Å². The van der Waals surface area contributed by atoms with E-state index in [-0.39, 0.29) is 0 Å². The molecule has 2 aromatic heterocycles. The molecular formula is C33H43N5O3. The summed E-state index contributed by atoms with van der Waals surface area (Å²) in [5.74, 6) is 2.62. The minimum absolute atomic E-state index is 0.505. The van der Waals surface area contributed by atoms with Gasteiger partial charge in [-0.1, -0.05) is 12.8 Å². The van der Waals surface area contributed by atoms with Gasteiger partial charge in [0, 0.05) is 36.3 Å². The van der Waals surface area contributed by atoms with E-state index < -0.39 is 0 Å². The summed E-state index contributed by atoms with van der Waals surface area (Å²) in [6, 6.07) is 12.3. The lowest BCUT2D eigenvalue weighted by Gasteiger charge is -2.26. The molecule has 0 saturated carbocycles. The Morgan fingerprint density at radius 2 is 1.51 bits per heavy atom. The minimum Gasteiger partial charge on any atom is -0.493 e. The lowest BCUT2D eigenvalue weighted by Crippen LogP contribution is -2.31. The zero-order valence-electron chi connectivity index (χ0n) is 24.4. The Balaban J connectivity index is 1.10. The molecule has 0 N–H and O–H groups in total. The highest BCUT2D eigenvalue weighted by atomic mass is 16.5. The molecule has 8 heteroatoms. The fourth-order valence-electron chi connectivity index (χ4n) is 6.24. The maximum absolute atomic E-state index is 6.31. The summed E-state index contributed by atoms with van der Waals surface area (Å²) in [5.41, 5.74) is 2.00. The van der Waals surface area contributed by atoms with Crippen molar-refractivity contribution < 1.29 is 14.2 Å². The van der Waals surface area contributed by atoms with Crippen molar-refractivity contribution in [3.8, 4) is 23.1 Å². The van der Waals surface area contributed by atoms with Crippen LogP contribution in [-0.4, -0.2) is 77.3 Å². The monoisotopic (exact) mass is 557 g/mol. The van der Waals surface area contributed by atoms with Crippen LogP contribution in [0.15, 0.2) is 48.9 Å². The zero-order valence-corrected chi connectivity index (χ0v) is 24.4. The molecule has 0 aliphatic carbocycles.